The Balaban J connectivity index is 0.997. The fraction of sp³-hybridized carbons (Fsp3) is 0.174. The molecule has 0 fully saturated rings. The van der Waals surface area contributed by atoms with Crippen molar-refractivity contribution in [3.8, 4) is 137 Å². The molecule has 11 aromatic rings. The van der Waals surface area contributed by atoms with Gasteiger partial charge in [0.2, 0.25) is 17.8 Å². The van der Waals surface area contributed by atoms with Gasteiger partial charge in [-0.3, -0.25) is 0 Å². The Morgan fingerprint density at radius 1 is 0.207 bits per heavy atom. The zero-order valence-electron chi connectivity index (χ0n) is 48.9. The SMILES string of the molecule is CCN(CC)c1nc2nc(n1)Oc1ccc(cc1)-c1cc3cc(c1)-c1ccc(cc1)Oc1nc(nc(N(CC)CC)n1)Oc1ccc(cc1)-c1cc(cc(c1)-c1ccc(cc1)Oc1nc(nc(N(CC)CC)n1)Oc1ccc-3cc1)-c1ccc(cc1)O2. The van der Waals surface area contributed by atoms with E-state index in [0.29, 0.717) is 91.6 Å². The Kier molecular flexibility index (Phi) is 15.4. The fourth-order valence-corrected chi connectivity index (χ4v) is 10.4. The van der Waals surface area contributed by atoms with Crippen LogP contribution in [0.15, 0.2) is 182 Å². The molecule has 0 spiro atoms. The molecule has 0 saturated heterocycles. The quantitative estimate of drug-likeness (QED) is 0.133. The van der Waals surface area contributed by atoms with Crippen LogP contribution in [-0.2, 0) is 0 Å². The van der Waals surface area contributed by atoms with Gasteiger partial charge >= 0.3 is 36.1 Å². The second-order valence-electron chi connectivity index (χ2n) is 20.5. The van der Waals surface area contributed by atoms with Crippen molar-refractivity contribution in [2.75, 3.05) is 54.0 Å². The summed E-state index contributed by atoms with van der Waals surface area (Å²) in [5.74, 6) is 4.47. The summed E-state index contributed by atoms with van der Waals surface area (Å²) in [6, 6.07) is 60.6. The third kappa shape index (κ3) is 12.2. The Labute approximate surface area is 503 Å². The molecule has 24 heterocycles. The molecule has 0 N–H and O–H groups in total. The van der Waals surface area contributed by atoms with Gasteiger partial charge in [0.1, 0.15) is 34.5 Å². The zero-order valence-corrected chi connectivity index (χ0v) is 48.9. The summed E-state index contributed by atoms with van der Waals surface area (Å²) < 4.78 is 38.6. The number of ether oxygens (including phenoxy) is 6. The van der Waals surface area contributed by atoms with E-state index in [1.165, 1.54) is 0 Å². The number of hydrogen-bond acceptors (Lipinski definition) is 18. The number of anilines is 3. The van der Waals surface area contributed by atoms with E-state index in [2.05, 4.69) is 51.4 Å². The van der Waals surface area contributed by atoms with Crippen molar-refractivity contribution in [2.45, 2.75) is 41.5 Å². The van der Waals surface area contributed by atoms with Crippen LogP contribution in [0.3, 0.4) is 0 Å². The Hall–Kier alpha value is -11.0. The maximum absolute atomic E-state index is 6.44. The highest BCUT2D eigenvalue weighted by molar-refractivity contribution is 5.83. The second-order valence-corrected chi connectivity index (χ2v) is 20.5. The number of nitrogens with zero attached hydrogens (tertiary/aromatic N) is 12. The largest absolute Gasteiger partial charge is 0.424 e. The maximum atomic E-state index is 6.44. The van der Waals surface area contributed by atoms with Crippen molar-refractivity contribution in [3.05, 3.63) is 182 Å². The fourth-order valence-electron chi connectivity index (χ4n) is 10.4. The summed E-state index contributed by atoms with van der Waals surface area (Å²) in [5.41, 5.74) is 11.4. The molecule has 0 amide bonds. The molecule has 0 radical (unpaired) electrons. The number of aromatic nitrogens is 9. The second kappa shape index (κ2) is 24.3. The first-order chi connectivity index (χ1) is 42.6. The van der Waals surface area contributed by atoms with Gasteiger partial charge in [0.25, 0.3) is 0 Å². The minimum atomic E-state index is 0.0939. The highest BCUT2D eigenvalue weighted by Gasteiger charge is 2.21. The smallest absolute Gasteiger partial charge is 0.330 e. The van der Waals surface area contributed by atoms with Crippen LogP contribution < -0.4 is 43.1 Å². The summed E-state index contributed by atoms with van der Waals surface area (Å²) in [4.78, 5) is 48.7. The predicted octanol–water partition coefficient (Wildman–Crippen LogP) is 16.2. The van der Waals surface area contributed by atoms with Crippen molar-refractivity contribution in [1.29, 1.82) is 0 Å². The third-order valence-corrected chi connectivity index (χ3v) is 15.1. The normalized spacial score (nSPS) is 11.9. The van der Waals surface area contributed by atoms with Crippen LogP contribution >= 0.6 is 0 Å². The Bertz CT molecular complexity index is 3530. The molecular formula is C69H60N12O6. The molecule has 18 nitrogen and oxygen atoms in total. The molecule has 21 aliphatic rings. The molecule has 32 rings (SSSR count). The predicted molar refractivity (Wildman–Crippen MR) is 336 cm³/mol. The van der Waals surface area contributed by atoms with Crippen LogP contribution in [0.4, 0.5) is 17.8 Å². The number of hydrogen-bond donors (Lipinski definition) is 0. The van der Waals surface area contributed by atoms with E-state index in [1.807, 2.05) is 202 Å². The monoisotopic (exact) mass is 1150 g/mol. The van der Waals surface area contributed by atoms with E-state index in [1.54, 1.807) is 0 Å². The highest BCUT2D eigenvalue weighted by atomic mass is 16.5. The van der Waals surface area contributed by atoms with Crippen LogP contribution in [0.5, 0.6) is 70.6 Å². The molecule has 0 aliphatic carbocycles. The summed E-state index contributed by atoms with van der Waals surface area (Å²) in [5, 5.41) is 0. The van der Waals surface area contributed by atoms with Gasteiger partial charge in [-0.15, -0.1) is 15.0 Å². The summed E-state index contributed by atoms with van der Waals surface area (Å²) in [6.07, 6.45) is 0. The highest BCUT2D eigenvalue weighted by Crippen LogP contribution is 2.40. The minimum absolute atomic E-state index is 0.0939. The van der Waals surface area contributed by atoms with Gasteiger partial charge < -0.3 is 43.1 Å². The summed E-state index contributed by atoms with van der Waals surface area (Å²) in [6.45, 7) is 16.3. The maximum Gasteiger partial charge on any atom is 0.330 e. The van der Waals surface area contributed by atoms with Gasteiger partial charge in [0.15, 0.2) is 0 Å². The molecule has 432 valence electrons. The Morgan fingerprint density at radius 3 is 0.494 bits per heavy atom. The lowest BCUT2D eigenvalue weighted by Gasteiger charge is -2.19. The van der Waals surface area contributed by atoms with E-state index in [4.69, 9.17) is 58.3 Å². The van der Waals surface area contributed by atoms with Crippen molar-refractivity contribution >= 4 is 17.8 Å². The van der Waals surface area contributed by atoms with E-state index >= 15 is 0 Å². The lowest BCUT2D eigenvalue weighted by atomic mass is 9.93. The van der Waals surface area contributed by atoms with Crippen molar-refractivity contribution in [1.82, 2.24) is 44.9 Å². The van der Waals surface area contributed by atoms with Crippen molar-refractivity contribution in [2.24, 2.45) is 0 Å². The number of benzene rings is 8. The van der Waals surface area contributed by atoms with E-state index in [0.717, 1.165) is 66.8 Å². The summed E-state index contributed by atoms with van der Waals surface area (Å²) >= 11 is 0. The Morgan fingerprint density at radius 2 is 0.356 bits per heavy atom. The van der Waals surface area contributed by atoms with E-state index in [9.17, 15) is 0 Å². The standard InChI is InChI=1S/C69H60N12O6/c1-7-79(8-2)61-70-64-76-65(71-61)83-56-27-15-44(16-28-56)50-38-52-42-54(40-50)48-23-35-60(36-24-48)87-69-75-63(81(11-5)12-6)74-68(78-69)86-59-33-21-47(22-34-59)53-39-49(43-13-25-55(82-64)26-14-43)37-51(41-53)45-17-29-57(30-18-45)84-66-72-62(80(9-3)10-4)73-67(77-66)85-58-31-19-46(52)20-32-58/h13-42H,7-12H2,1-6H3. The minimum Gasteiger partial charge on any atom is -0.424 e. The molecule has 18 heteroatoms. The van der Waals surface area contributed by atoms with Crippen LogP contribution in [0.2, 0.25) is 0 Å². The molecule has 87 heavy (non-hydrogen) atoms. The average molecular weight is 1150 g/mol. The topological polar surface area (TPSA) is 181 Å². The molecule has 0 atom stereocenters. The van der Waals surface area contributed by atoms with Gasteiger partial charge in [-0.25, -0.2) is 0 Å². The first-order valence-corrected chi connectivity index (χ1v) is 29.2. The number of rotatable bonds is 9. The average Bonchev–Trinajstić information content (AvgIpc) is 2.28. The van der Waals surface area contributed by atoms with Gasteiger partial charge in [-0.05, 0) is 217 Å². The third-order valence-electron chi connectivity index (χ3n) is 15.1. The lowest BCUT2D eigenvalue weighted by molar-refractivity contribution is 0.396. The van der Waals surface area contributed by atoms with Crippen LogP contribution in [0.1, 0.15) is 41.5 Å². The van der Waals surface area contributed by atoms with Gasteiger partial charge in [0.05, 0.1) is 0 Å². The van der Waals surface area contributed by atoms with Gasteiger partial charge in [-0.1, -0.05) is 72.8 Å². The molecule has 0 unspecified atom stereocenters. The van der Waals surface area contributed by atoms with Crippen LogP contribution in [0, 0.1) is 0 Å². The van der Waals surface area contributed by atoms with Gasteiger partial charge in [-0.2, -0.15) is 29.9 Å². The van der Waals surface area contributed by atoms with Crippen molar-refractivity contribution < 1.29 is 28.4 Å². The van der Waals surface area contributed by atoms with Gasteiger partial charge in [0, 0.05) is 39.3 Å². The van der Waals surface area contributed by atoms with Crippen LogP contribution in [0.25, 0.3) is 66.8 Å². The van der Waals surface area contributed by atoms with Crippen LogP contribution in [-0.4, -0.2) is 84.1 Å². The molecule has 0 saturated carbocycles. The molecule has 3 aromatic heterocycles. The molecule has 24 bridgehead atoms. The first kappa shape index (κ1) is 55.2. The molecule has 21 aliphatic heterocycles. The molecule has 8 aromatic carbocycles. The lowest BCUT2D eigenvalue weighted by Crippen LogP contribution is -2.24. The molecular weight excluding hydrogens is 1090 g/mol. The summed E-state index contributed by atoms with van der Waals surface area (Å²) in [7, 11) is 0. The van der Waals surface area contributed by atoms with E-state index < -0.39 is 0 Å². The zero-order chi connectivity index (χ0) is 59.4. The van der Waals surface area contributed by atoms with Crippen molar-refractivity contribution in [3.63, 3.8) is 0 Å². The first-order valence-electron chi connectivity index (χ1n) is 29.2. The van der Waals surface area contributed by atoms with E-state index in [-0.39, 0.29) is 36.1 Å².